The van der Waals surface area contributed by atoms with E-state index < -0.39 is 11.9 Å². The SMILES string of the molecule is O=C(O)CNC(=O)c1cccc(Br)c1. The zero-order valence-electron chi connectivity index (χ0n) is 7.16. The van der Waals surface area contributed by atoms with Crippen molar-refractivity contribution in [3.63, 3.8) is 0 Å². The zero-order chi connectivity index (χ0) is 10.6. The summed E-state index contributed by atoms with van der Waals surface area (Å²) in [6.07, 6.45) is 0. The number of carbonyl (C=O) groups is 2. The van der Waals surface area contributed by atoms with Gasteiger partial charge in [-0.15, -0.1) is 0 Å². The van der Waals surface area contributed by atoms with Crippen molar-refractivity contribution in [1.82, 2.24) is 5.32 Å². The number of halogens is 1. The van der Waals surface area contributed by atoms with Crippen LogP contribution in [-0.2, 0) is 4.79 Å². The number of hydrogen-bond acceptors (Lipinski definition) is 2. The van der Waals surface area contributed by atoms with Crippen LogP contribution < -0.4 is 5.32 Å². The van der Waals surface area contributed by atoms with Gasteiger partial charge in [0.05, 0.1) is 0 Å². The van der Waals surface area contributed by atoms with Crippen molar-refractivity contribution in [2.75, 3.05) is 6.54 Å². The second kappa shape index (κ2) is 4.76. The Hall–Kier alpha value is -1.36. The monoisotopic (exact) mass is 257 g/mol. The third kappa shape index (κ3) is 3.18. The smallest absolute Gasteiger partial charge is 0.322 e. The van der Waals surface area contributed by atoms with E-state index in [1.165, 1.54) is 0 Å². The van der Waals surface area contributed by atoms with Gasteiger partial charge in [0, 0.05) is 10.0 Å². The lowest BCUT2D eigenvalue weighted by Crippen LogP contribution is -2.29. The minimum atomic E-state index is -1.06. The van der Waals surface area contributed by atoms with Crippen LogP contribution in [0.4, 0.5) is 0 Å². The lowest BCUT2D eigenvalue weighted by molar-refractivity contribution is -0.135. The molecule has 1 aromatic carbocycles. The van der Waals surface area contributed by atoms with Gasteiger partial charge < -0.3 is 10.4 Å². The van der Waals surface area contributed by atoms with Crippen LogP contribution in [0, 0.1) is 0 Å². The molecule has 0 bridgehead atoms. The van der Waals surface area contributed by atoms with E-state index in [2.05, 4.69) is 21.2 Å². The standard InChI is InChI=1S/C9H8BrNO3/c10-7-3-1-2-6(4-7)9(14)11-5-8(12)13/h1-4H,5H2,(H,11,14)(H,12,13). The van der Waals surface area contributed by atoms with Crippen LogP contribution in [0.15, 0.2) is 28.7 Å². The molecule has 1 aromatic rings. The number of nitrogens with one attached hydrogen (secondary N) is 1. The fourth-order valence-electron chi connectivity index (χ4n) is 0.888. The summed E-state index contributed by atoms with van der Waals surface area (Å²) in [5, 5.41) is 10.6. The van der Waals surface area contributed by atoms with Crippen LogP contribution in [0.25, 0.3) is 0 Å². The molecule has 0 fully saturated rings. The Kier molecular flexibility index (Phi) is 3.64. The Morgan fingerprint density at radius 2 is 2.14 bits per heavy atom. The molecule has 4 nitrogen and oxygen atoms in total. The highest BCUT2D eigenvalue weighted by atomic mass is 79.9. The number of benzene rings is 1. The molecule has 0 atom stereocenters. The maximum absolute atomic E-state index is 11.3. The van der Waals surface area contributed by atoms with E-state index in [9.17, 15) is 9.59 Å². The summed E-state index contributed by atoms with van der Waals surface area (Å²) in [6, 6.07) is 6.73. The van der Waals surface area contributed by atoms with Crippen molar-refractivity contribution in [3.05, 3.63) is 34.3 Å². The Bertz CT molecular complexity index is 365. The van der Waals surface area contributed by atoms with Crippen LogP contribution in [0.1, 0.15) is 10.4 Å². The average Bonchev–Trinajstić information content (AvgIpc) is 2.14. The van der Waals surface area contributed by atoms with Crippen molar-refractivity contribution < 1.29 is 14.7 Å². The molecule has 14 heavy (non-hydrogen) atoms. The Morgan fingerprint density at radius 3 is 2.71 bits per heavy atom. The van der Waals surface area contributed by atoms with E-state index in [1.54, 1.807) is 24.3 Å². The van der Waals surface area contributed by atoms with Crippen molar-refractivity contribution in [2.24, 2.45) is 0 Å². The zero-order valence-corrected chi connectivity index (χ0v) is 8.74. The first kappa shape index (κ1) is 10.7. The van der Waals surface area contributed by atoms with Gasteiger partial charge in [0.2, 0.25) is 0 Å². The summed E-state index contributed by atoms with van der Waals surface area (Å²) < 4.78 is 0.778. The molecular weight excluding hydrogens is 250 g/mol. The van der Waals surface area contributed by atoms with Gasteiger partial charge in [0.25, 0.3) is 5.91 Å². The minimum Gasteiger partial charge on any atom is -0.480 e. The molecule has 0 aliphatic heterocycles. The fraction of sp³-hybridized carbons (Fsp3) is 0.111. The predicted octanol–water partition coefficient (Wildman–Crippen LogP) is 1.26. The van der Waals surface area contributed by atoms with E-state index in [4.69, 9.17) is 5.11 Å². The van der Waals surface area contributed by atoms with Gasteiger partial charge in [-0.2, -0.15) is 0 Å². The molecule has 2 N–H and O–H groups in total. The van der Waals surface area contributed by atoms with Crippen LogP contribution in [-0.4, -0.2) is 23.5 Å². The number of hydrogen-bond donors (Lipinski definition) is 2. The predicted molar refractivity (Wildman–Crippen MR) is 54.1 cm³/mol. The topological polar surface area (TPSA) is 66.4 Å². The number of carboxylic acids is 1. The lowest BCUT2D eigenvalue weighted by Gasteiger charge is -2.01. The summed E-state index contributed by atoms with van der Waals surface area (Å²) >= 11 is 3.21. The first-order valence-electron chi connectivity index (χ1n) is 3.85. The quantitative estimate of drug-likeness (QED) is 0.857. The van der Waals surface area contributed by atoms with Gasteiger partial charge in [-0.05, 0) is 18.2 Å². The Balaban J connectivity index is 2.65. The van der Waals surface area contributed by atoms with Crippen molar-refractivity contribution in [3.8, 4) is 0 Å². The molecule has 1 rings (SSSR count). The van der Waals surface area contributed by atoms with Gasteiger partial charge in [0.15, 0.2) is 0 Å². The third-order valence-corrected chi connectivity index (χ3v) is 1.98. The van der Waals surface area contributed by atoms with Crippen LogP contribution >= 0.6 is 15.9 Å². The second-order valence-corrected chi connectivity index (χ2v) is 3.50. The molecule has 0 aliphatic rings. The van der Waals surface area contributed by atoms with Crippen molar-refractivity contribution in [1.29, 1.82) is 0 Å². The summed E-state index contributed by atoms with van der Waals surface area (Å²) in [5.74, 6) is -1.46. The van der Waals surface area contributed by atoms with Gasteiger partial charge >= 0.3 is 5.97 Å². The lowest BCUT2D eigenvalue weighted by atomic mass is 10.2. The fourth-order valence-corrected chi connectivity index (χ4v) is 1.29. The summed E-state index contributed by atoms with van der Waals surface area (Å²) in [7, 11) is 0. The van der Waals surface area contributed by atoms with E-state index in [1.807, 2.05) is 0 Å². The highest BCUT2D eigenvalue weighted by Crippen LogP contribution is 2.11. The van der Waals surface area contributed by atoms with E-state index >= 15 is 0 Å². The maximum atomic E-state index is 11.3. The number of rotatable bonds is 3. The molecule has 0 spiro atoms. The van der Waals surface area contributed by atoms with Crippen LogP contribution in [0.3, 0.4) is 0 Å². The number of carbonyl (C=O) groups excluding carboxylic acids is 1. The molecule has 0 unspecified atom stereocenters. The normalized spacial score (nSPS) is 9.50. The van der Waals surface area contributed by atoms with Gasteiger partial charge in [-0.3, -0.25) is 9.59 Å². The number of amides is 1. The van der Waals surface area contributed by atoms with E-state index in [-0.39, 0.29) is 6.54 Å². The highest BCUT2D eigenvalue weighted by molar-refractivity contribution is 9.10. The molecule has 74 valence electrons. The molecule has 0 radical (unpaired) electrons. The minimum absolute atomic E-state index is 0.370. The molecule has 0 saturated heterocycles. The van der Waals surface area contributed by atoms with Gasteiger partial charge in [0.1, 0.15) is 6.54 Å². The highest BCUT2D eigenvalue weighted by Gasteiger charge is 2.06. The summed E-state index contributed by atoms with van der Waals surface area (Å²) in [5.41, 5.74) is 0.431. The van der Waals surface area contributed by atoms with E-state index in [0.717, 1.165) is 4.47 Å². The average molecular weight is 258 g/mol. The Morgan fingerprint density at radius 1 is 1.43 bits per heavy atom. The molecule has 0 aliphatic carbocycles. The summed E-state index contributed by atoms with van der Waals surface area (Å²) in [4.78, 5) is 21.5. The number of aliphatic carboxylic acids is 1. The largest absolute Gasteiger partial charge is 0.480 e. The first-order valence-corrected chi connectivity index (χ1v) is 4.64. The van der Waals surface area contributed by atoms with E-state index in [0.29, 0.717) is 5.56 Å². The Labute approximate surface area is 89.1 Å². The maximum Gasteiger partial charge on any atom is 0.322 e. The van der Waals surface area contributed by atoms with Gasteiger partial charge in [-0.25, -0.2) is 0 Å². The first-order chi connectivity index (χ1) is 6.59. The molecule has 0 heterocycles. The van der Waals surface area contributed by atoms with Crippen LogP contribution in [0.5, 0.6) is 0 Å². The molecule has 1 amide bonds. The molecular formula is C9H8BrNO3. The third-order valence-electron chi connectivity index (χ3n) is 1.49. The van der Waals surface area contributed by atoms with Crippen LogP contribution in [0.2, 0.25) is 0 Å². The number of carboxylic acid groups (broad SMARTS) is 1. The molecule has 5 heteroatoms. The van der Waals surface area contributed by atoms with Crippen molar-refractivity contribution in [2.45, 2.75) is 0 Å². The summed E-state index contributed by atoms with van der Waals surface area (Å²) in [6.45, 7) is -0.370. The molecule has 0 aromatic heterocycles. The molecule has 0 saturated carbocycles. The van der Waals surface area contributed by atoms with Gasteiger partial charge in [-0.1, -0.05) is 22.0 Å². The second-order valence-electron chi connectivity index (χ2n) is 2.59. The van der Waals surface area contributed by atoms with Crippen molar-refractivity contribution >= 4 is 27.8 Å².